The van der Waals surface area contributed by atoms with Gasteiger partial charge in [0.25, 0.3) is 0 Å². The Balaban J connectivity index is 1.73. The van der Waals surface area contributed by atoms with Crippen LogP contribution in [0, 0.1) is 0 Å². The Labute approximate surface area is 180 Å². The highest BCUT2D eigenvalue weighted by Gasteiger charge is 2.28. The van der Waals surface area contributed by atoms with Crippen LogP contribution < -0.4 is 9.47 Å². The second kappa shape index (κ2) is 8.97. The van der Waals surface area contributed by atoms with Gasteiger partial charge in [-0.1, -0.05) is 38.1 Å². The largest absolute Gasteiger partial charge is 0.497 e. The molecule has 0 saturated carbocycles. The van der Waals surface area contributed by atoms with Crippen LogP contribution in [0.3, 0.4) is 0 Å². The van der Waals surface area contributed by atoms with E-state index in [2.05, 4.69) is 78.0 Å². The van der Waals surface area contributed by atoms with Crippen molar-refractivity contribution < 1.29 is 9.47 Å². The molecule has 0 unspecified atom stereocenters. The van der Waals surface area contributed by atoms with Gasteiger partial charge < -0.3 is 14.0 Å². The highest BCUT2D eigenvalue weighted by Crippen LogP contribution is 2.36. The van der Waals surface area contributed by atoms with Gasteiger partial charge in [0.1, 0.15) is 11.5 Å². The summed E-state index contributed by atoms with van der Waals surface area (Å²) >= 11 is 0. The summed E-state index contributed by atoms with van der Waals surface area (Å²) in [6, 6.07) is 19.9. The minimum absolute atomic E-state index is 0.149. The third kappa shape index (κ3) is 4.24. The van der Waals surface area contributed by atoms with Gasteiger partial charge in [-0.2, -0.15) is 0 Å². The highest BCUT2D eigenvalue weighted by molar-refractivity contribution is 5.43. The van der Waals surface area contributed by atoms with E-state index < -0.39 is 0 Å². The van der Waals surface area contributed by atoms with E-state index in [1.165, 1.54) is 22.4 Å². The van der Waals surface area contributed by atoms with Crippen molar-refractivity contribution in [3.05, 3.63) is 83.2 Å². The van der Waals surface area contributed by atoms with E-state index in [0.29, 0.717) is 5.92 Å². The summed E-state index contributed by atoms with van der Waals surface area (Å²) in [5.41, 5.74) is 5.25. The number of methoxy groups -OCH3 is 2. The summed E-state index contributed by atoms with van der Waals surface area (Å²) in [6.07, 6.45) is 3.32. The topological polar surface area (TPSA) is 26.6 Å². The van der Waals surface area contributed by atoms with Crippen molar-refractivity contribution in [2.45, 2.75) is 45.3 Å². The number of hydrogen-bond donors (Lipinski definition) is 0. The van der Waals surface area contributed by atoms with Gasteiger partial charge in [0.15, 0.2) is 0 Å². The van der Waals surface area contributed by atoms with Gasteiger partial charge in [0, 0.05) is 37.6 Å². The average Bonchev–Trinajstić information content (AvgIpc) is 3.15. The van der Waals surface area contributed by atoms with Gasteiger partial charge in [0.2, 0.25) is 0 Å². The lowest BCUT2D eigenvalue weighted by Crippen LogP contribution is -2.29. The van der Waals surface area contributed by atoms with Crippen molar-refractivity contribution in [3.8, 4) is 11.5 Å². The van der Waals surface area contributed by atoms with Crippen LogP contribution in [0.5, 0.6) is 11.5 Å². The van der Waals surface area contributed by atoms with Gasteiger partial charge in [-0.05, 0) is 53.3 Å². The third-order valence-corrected chi connectivity index (χ3v) is 6.08. The zero-order valence-corrected chi connectivity index (χ0v) is 18.5. The number of aryl methyl sites for hydroxylation is 1. The Bertz CT molecular complexity index is 953. The van der Waals surface area contributed by atoms with Gasteiger partial charge >= 0.3 is 0 Å². The van der Waals surface area contributed by atoms with Crippen LogP contribution >= 0.6 is 0 Å². The second-order valence-electron chi connectivity index (χ2n) is 8.40. The fourth-order valence-corrected chi connectivity index (χ4v) is 4.42. The van der Waals surface area contributed by atoms with Crippen molar-refractivity contribution in [2.75, 3.05) is 20.8 Å². The van der Waals surface area contributed by atoms with Crippen molar-refractivity contribution in [1.29, 1.82) is 0 Å². The first-order valence-electron chi connectivity index (χ1n) is 10.8. The molecule has 0 N–H and O–H groups in total. The maximum Gasteiger partial charge on any atom is 0.122 e. The Kier molecular flexibility index (Phi) is 6.14. The Morgan fingerprint density at radius 3 is 2.27 bits per heavy atom. The molecule has 0 saturated heterocycles. The fraction of sp³-hybridized carbons (Fsp3) is 0.385. The van der Waals surface area contributed by atoms with Crippen molar-refractivity contribution in [2.24, 2.45) is 0 Å². The normalized spacial score (nSPS) is 16.9. The molecular weight excluding hydrogens is 372 g/mol. The molecule has 2 aromatic carbocycles. The molecule has 0 aliphatic carbocycles. The van der Waals surface area contributed by atoms with E-state index in [-0.39, 0.29) is 6.04 Å². The molecule has 1 aliphatic rings. The molecule has 4 heteroatoms. The predicted octanol–water partition coefficient (Wildman–Crippen LogP) is 5.62. The summed E-state index contributed by atoms with van der Waals surface area (Å²) in [4.78, 5) is 2.58. The number of aromatic nitrogens is 1. The van der Waals surface area contributed by atoms with Gasteiger partial charge in [0.05, 0.1) is 20.3 Å². The first kappa shape index (κ1) is 20.5. The van der Waals surface area contributed by atoms with Crippen molar-refractivity contribution in [3.63, 3.8) is 0 Å². The molecule has 3 aromatic rings. The molecule has 0 radical (unpaired) electrons. The van der Waals surface area contributed by atoms with E-state index in [4.69, 9.17) is 9.47 Å². The van der Waals surface area contributed by atoms with Crippen LogP contribution in [-0.4, -0.2) is 30.2 Å². The standard InChI is InChI=1S/C26H32N2O2/c1-19(2)21-10-8-20(9-11-21)18-28-14-6-13-27-12-5-7-25(27)26(28)22-15-23(29-3)17-24(16-22)30-4/h5,7-12,15-17,19,26H,6,13-14,18H2,1-4H3/t26-/m1/s1. The Morgan fingerprint density at radius 2 is 1.63 bits per heavy atom. The minimum atomic E-state index is 0.149. The lowest BCUT2D eigenvalue weighted by molar-refractivity contribution is 0.219. The number of hydrogen-bond acceptors (Lipinski definition) is 3. The summed E-state index contributed by atoms with van der Waals surface area (Å²) in [5, 5.41) is 0. The van der Waals surface area contributed by atoms with Crippen LogP contribution in [0.4, 0.5) is 0 Å². The maximum absolute atomic E-state index is 5.57. The Morgan fingerprint density at radius 1 is 0.933 bits per heavy atom. The number of rotatable bonds is 6. The predicted molar refractivity (Wildman–Crippen MR) is 121 cm³/mol. The van der Waals surface area contributed by atoms with Gasteiger partial charge in [-0.3, -0.25) is 4.90 Å². The van der Waals surface area contributed by atoms with E-state index in [1.807, 2.05) is 6.07 Å². The molecule has 0 bridgehead atoms. The van der Waals surface area contributed by atoms with Crippen LogP contribution in [0.2, 0.25) is 0 Å². The zero-order valence-electron chi connectivity index (χ0n) is 18.5. The molecule has 30 heavy (non-hydrogen) atoms. The average molecular weight is 405 g/mol. The van der Waals surface area contributed by atoms with Crippen LogP contribution in [0.1, 0.15) is 54.6 Å². The van der Waals surface area contributed by atoms with Gasteiger partial charge in [-0.25, -0.2) is 0 Å². The molecule has 0 amide bonds. The van der Waals surface area contributed by atoms with Crippen molar-refractivity contribution >= 4 is 0 Å². The lowest BCUT2D eigenvalue weighted by Gasteiger charge is -2.31. The highest BCUT2D eigenvalue weighted by atomic mass is 16.5. The van der Waals surface area contributed by atoms with Crippen molar-refractivity contribution in [1.82, 2.24) is 9.47 Å². The van der Waals surface area contributed by atoms with Crippen LogP contribution in [0.25, 0.3) is 0 Å². The maximum atomic E-state index is 5.57. The van der Waals surface area contributed by atoms with E-state index in [1.54, 1.807) is 14.2 Å². The molecule has 1 atom stereocenters. The summed E-state index contributed by atoms with van der Waals surface area (Å²) in [6.45, 7) is 7.47. The molecule has 1 aliphatic heterocycles. The van der Waals surface area contributed by atoms with E-state index in [9.17, 15) is 0 Å². The quantitative estimate of drug-likeness (QED) is 0.533. The number of nitrogens with zero attached hydrogens (tertiary/aromatic N) is 2. The summed E-state index contributed by atoms with van der Waals surface area (Å²) < 4.78 is 13.5. The van der Waals surface area contributed by atoms with Crippen LogP contribution in [0.15, 0.2) is 60.8 Å². The first-order chi connectivity index (χ1) is 14.6. The second-order valence-corrected chi connectivity index (χ2v) is 8.40. The van der Waals surface area contributed by atoms with E-state index in [0.717, 1.165) is 37.6 Å². The SMILES string of the molecule is COc1cc(OC)cc([C@@H]2c3cccn3CCCN2Cc2ccc(C(C)C)cc2)c1. The zero-order chi connectivity index (χ0) is 21.1. The summed E-state index contributed by atoms with van der Waals surface area (Å²) in [5.74, 6) is 2.21. The molecule has 1 aromatic heterocycles. The number of fused-ring (bicyclic) bond motifs is 1. The molecular formula is C26H32N2O2. The molecule has 0 fully saturated rings. The summed E-state index contributed by atoms with van der Waals surface area (Å²) in [7, 11) is 3.42. The number of benzene rings is 2. The minimum Gasteiger partial charge on any atom is -0.497 e. The monoisotopic (exact) mass is 404 g/mol. The van der Waals surface area contributed by atoms with E-state index >= 15 is 0 Å². The molecule has 158 valence electrons. The molecule has 4 rings (SSSR count). The number of ether oxygens (including phenoxy) is 2. The lowest BCUT2D eigenvalue weighted by atomic mass is 9.99. The molecule has 2 heterocycles. The fourth-order valence-electron chi connectivity index (χ4n) is 4.42. The first-order valence-corrected chi connectivity index (χ1v) is 10.8. The van der Waals surface area contributed by atoms with Crippen LogP contribution in [-0.2, 0) is 13.1 Å². The molecule has 0 spiro atoms. The smallest absolute Gasteiger partial charge is 0.122 e. The molecule has 4 nitrogen and oxygen atoms in total. The third-order valence-electron chi connectivity index (χ3n) is 6.08. The van der Waals surface area contributed by atoms with Gasteiger partial charge in [-0.15, -0.1) is 0 Å². The Hall–Kier alpha value is -2.72.